The summed E-state index contributed by atoms with van der Waals surface area (Å²) in [6, 6.07) is 0. The van der Waals surface area contributed by atoms with E-state index in [1.165, 1.54) is 83.5 Å². The van der Waals surface area contributed by atoms with Crippen LogP contribution in [-0.4, -0.2) is 74.9 Å². The lowest BCUT2D eigenvalue weighted by atomic mass is 10.1. The number of likely N-dealkylation sites (N-methyl/N-ethyl adjacent to an activating group) is 1. The summed E-state index contributed by atoms with van der Waals surface area (Å²) in [5.41, 5.74) is 0. The van der Waals surface area contributed by atoms with Crippen molar-refractivity contribution in [2.75, 3.05) is 47.5 Å². The first kappa shape index (κ1) is 72.4. The zero-order valence-corrected chi connectivity index (χ0v) is 50.1. The van der Waals surface area contributed by atoms with Gasteiger partial charge in [-0.2, -0.15) is 0 Å². The van der Waals surface area contributed by atoms with Crippen LogP contribution in [0.1, 0.15) is 232 Å². The van der Waals surface area contributed by atoms with Gasteiger partial charge >= 0.3 is 19.8 Å². The van der Waals surface area contributed by atoms with Gasteiger partial charge in [0.05, 0.1) is 27.7 Å². The average molecular weight is 1080 g/mol. The summed E-state index contributed by atoms with van der Waals surface area (Å²) in [6.07, 6.45) is 79.7. The van der Waals surface area contributed by atoms with Gasteiger partial charge in [-0.15, -0.1) is 0 Å². The molecule has 0 aromatic heterocycles. The predicted octanol–water partition coefficient (Wildman–Crippen LogP) is 19.1. The van der Waals surface area contributed by atoms with Crippen LogP contribution in [0.15, 0.2) is 122 Å². The van der Waals surface area contributed by atoms with Crippen molar-refractivity contribution in [3.05, 3.63) is 122 Å². The summed E-state index contributed by atoms with van der Waals surface area (Å²) < 4.78 is 34.6. The third-order valence-electron chi connectivity index (χ3n) is 12.5. The summed E-state index contributed by atoms with van der Waals surface area (Å²) in [7, 11) is 1.45. The van der Waals surface area contributed by atoms with Gasteiger partial charge in [-0.3, -0.25) is 18.6 Å². The molecule has 0 saturated heterocycles. The summed E-state index contributed by atoms with van der Waals surface area (Å²) in [5, 5.41) is 0. The molecule has 0 saturated carbocycles. The maximum atomic E-state index is 12.8. The molecule has 2 atom stereocenters. The molecule has 0 heterocycles. The zero-order chi connectivity index (χ0) is 55.6. The van der Waals surface area contributed by atoms with Gasteiger partial charge < -0.3 is 18.9 Å². The number of hydrogen-bond donors (Lipinski definition) is 1. The summed E-state index contributed by atoms with van der Waals surface area (Å²) in [5.74, 6) is -0.825. The van der Waals surface area contributed by atoms with E-state index in [0.717, 1.165) is 116 Å². The van der Waals surface area contributed by atoms with Gasteiger partial charge in [-0.25, -0.2) is 4.57 Å². The Morgan fingerprint density at radius 3 is 1.12 bits per heavy atom. The van der Waals surface area contributed by atoms with Gasteiger partial charge in [-0.1, -0.05) is 232 Å². The monoisotopic (exact) mass is 1080 g/mol. The highest BCUT2D eigenvalue weighted by atomic mass is 31.2. The summed E-state index contributed by atoms with van der Waals surface area (Å²) in [4.78, 5) is 35.7. The lowest BCUT2D eigenvalue weighted by Gasteiger charge is -2.24. The summed E-state index contributed by atoms with van der Waals surface area (Å²) in [6.45, 7) is 4.28. The Labute approximate surface area is 467 Å². The molecule has 0 bridgehead atoms. The first-order valence-corrected chi connectivity index (χ1v) is 31.8. The van der Waals surface area contributed by atoms with Crippen LogP contribution in [0.25, 0.3) is 0 Å². The lowest BCUT2D eigenvalue weighted by molar-refractivity contribution is -0.870. The highest BCUT2D eigenvalue weighted by Crippen LogP contribution is 2.43. The third kappa shape index (κ3) is 59.7. The Hall–Kier alpha value is -3.59. The van der Waals surface area contributed by atoms with Crippen LogP contribution >= 0.6 is 7.82 Å². The standard InChI is InChI=1S/C66H112NO8P/c1-6-8-10-12-14-16-18-20-22-24-26-28-30-31-32-33-34-35-37-39-41-43-45-47-49-51-53-55-57-59-66(69)75-64(63-74-76(70,71)73-61-60-67(3,4)5)62-72-65(68)58-56-54-52-50-48-46-44-42-40-38-36-29-27-25-23-21-19-17-15-13-11-9-7-2/h8,10,14,16,19-22,25-28,31-32,34-36,38-39,41,64H,6-7,9,11-13,15,17-18,23-24,29-30,33,37,40,42-63H2,1-5H3/p+1/b10-8-,16-14-,21-19-,22-20-,27-25-,28-26-,32-31-,35-34-,38-36-,41-39-. The molecule has 0 fully saturated rings. The number of quaternary nitrogens is 1. The molecule has 10 heteroatoms. The van der Waals surface area contributed by atoms with Crippen LogP contribution in [0.4, 0.5) is 0 Å². The average Bonchev–Trinajstić information content (AvgIpc) is 3.38. The van der Waals surface area contributed by atoms with Gasteiger partial charge in [0.2, 0.25) is 0 Å². The number of allylic oxidation sites excluding steroid dienone is 20. The minimum Gasteiger partial charge on any atom is -0.462 e. The molecule has 0 aliphatic rings. The highest BCUT2D eigenvalue weighted by Gasteiger charge is 2.27. The van der Waals surface area contributed by atoms with Crippen molar-refractivity contribution >= 4 is 19.8 Å². The van der Waals surface area contributed by atoms with Crippen LogP contribution in [0.5, 0.6) is 0 Å². The fraction of sp³-hybridized carbons (Fsp3) is 0.667. The number of carbonyl (C=O) groups excluding carboxylic acids is 2. The van der Waals surface area contributed by atoms with Gasteiger partial charge in [0.1, 0.15) is 19.8 Å². The molecule has 0 amide bonds. The second-order valence-electron chi connectivity index (χ2n) is 21.0. The normalized spacial score (nSPS) is 14.1. The van der Waals surface area contributed by atoms with Crippen LogP contribution in [0.2, 0.25) is 0 Å². The molecule has 0 aromatic carbocycles. The van der Waals surface area contributed by atoms with E-state index >= 15 is 0 Å². The molecule has 76 heavy (non-hydrogen) atoms. The molecular weight excluding hydrogens is 966 g/mol. The molecule has 0 aliphatic heterocycles. The quantitative estimate of drug-likeness (QED) is 0.0211. The SMILES string of the molecule is CC/C=C\C/C=C\C/C=C\C/C=C\C/C=C\C/C=C\C/C=C\CCCCCCCCCC(=O)OC(COC(=O)CCCCCCCCCC/C=C\C/C=C\C/C=C\CCCCCCC)COP(=O)(O)OCC[N+](C)(C)C. The topological polar surface area (TPSA) is 108 Å². The van der Waals surface area contributed by atoms with Gasteiger partial charge in [0.15, 0.2) is 6.10 Å². The van der Waals surface area contributed by atoms with Gasteiger partial charge in [0, 0.05) is 12.8 Å². The Balaban J connectivity index is 4.24. The predicted molar refractivity (Wildman–Crippen MR) is 325 cm³/mol. The number of nitrogens with zero attached hydrogens (tertiary/aromatic N) is 1. The minimum atomic E-state index is -4.40. The number of phosphoric ester groups is 1. The van der Waals surface area contributed by atoms with Crippen molar-refractivity contribution in [3.63, 3.8) is 0 Å². The van der Waals surface area contributed by atoms with E-state index in [0.29, 0.717) is 17.4 Å². The number of rotatable bonds is 54. The molecule has 0 spiro atoms. The molecule has 0 aromatic rings. The second-order valence-corrected chi connectivity index (χ2v) is 22.5. The first-order chi connectivity index (χ1) is 37.0. The molecule has 0 rings (SSSR count). The number of esters is 2. The van der Waals surface area contributed by atoms with Crippen molar-refractivity contribution in [2.24, 2.45) is 0 Å². The van der Waals surface area contributed by atoms with Crippen LogP contribution in [0, 0.1) is 0 Å². The number of ether oxygens (including phenoxy) is 2. The van der Waals surface area contributed by atoms with Crippen LogP contribution < -0.4 is 0 Å². The number of carbonyl (C=O) groups is 2. The number of hydrogen-bond acceptors (Lipinski definition) is 7. The summed E-state index contributed by atoms with van der Waals surface area (Å²) >= 11 is 0. The van der Waals surface area contributed by atoms with Crippen molar-refractivity contribution in [1.82, 2.24) is 0 Å². The molecule has 1 N–H and O–H groups in total. The molecule has 9 nitrogen and oxygen atoms in total. The highest BCUT2D eigenvalue weighted by molar-refractivity contribution is 7.47. The molecule has 0 aliphatic carbocycles. The van der Waals surface area contributed by atoms with E-state index in [1.807, 2.05) is 21.1 Å². The molecular formula is C66H113NO8P+. The van der Waals surface area contributed by atoms with Gasteiger partial charge in [0.25, 0.3) is 0 Å². The fourth-order valence-corrected chi connectivity index (χ4v) is 8.57. The Kier molecular flexibility index (Phi) is 53.5. The Morgan fingerprint density at radius 1 is 0.421 bits per heavy atom. The Bertz CT molecular complexity index is 1700. The van der Waals surface area contributed by atoms with Crippen LogP contribution in [0.3, 0.4) is 0 Å². The van der Waals surface area contributed by atoms with E-state index in [9.17, 15) is 19.0 Å². The molecule has 2 unspecified atom stereocenters. The van der Waals surface area contributed by atoms with E-state index in [2.05, 4.69) is 135 Å². The third-order valence-corrected chi connectivity index (χ3v) is 13.5. The smallest absolute Gasteiger partial charge is 0.462 e. The fourth-order valence-electron chi connectivity index (χ4n) is 7.83. The first-order valence-electron chi connectivity index (χ1n) is 30.3. The van der Waals surface area contributed by atoms with Crippen molar-refractivity contribution in [1.29, 1.82) is 0 Å². The largest absolute Gasteiger partial charge is 0.472 e. The van der Waals surface area contributed by atoms with Crippen molar-refractivity contribution in [3.8, 4) is 0 Å². The van der Waals surface area contributed by atoms with E-state index in [4.69, 9.17) is 18.5 Å². The maximum absolute atomic E-state index is 12.8. The lowest BCUT2D eigenvalue weighted by Crippen LogP contribution is -2.37. The van der Waals surface area contributed by atoms with E-state index < -0.39 is 26.5 Å². The van der Waals surface area contributed by atoms with Crippen molar-refractivity contribution < 1.29 is 42.1 Å². The Morgan fingerprint density at radius 2 is 0.750 bits per heavy atom. The second kappa shape index (κ2) is 56.1. The molecule has 0 radical (unpaired) electrons. The number of unbranched alkanes of at least 4 members (excludes halogenated alkanes) is 20. The van der Waals surface area contributed by atoms with Gasteiger partial charge in [-0.05, 0) is 109 Å². The van der Waals surface area contributed by atoms with Crippen molar-refractivity contribution in [2.45, 2.75) is 238 Å². The van der Waals surface area contributed by atoms with E-state index in [-0.39, 0.29) is 32.0 Å². The maximum Gasteiger partial charge on any atom is 0.472 e. The number of phosphoric acid groups is 1. The zero-order valence-electron chi connectivity index (χ0n) is 49.2. The molecule has 434 valence electrons. The minimum absolute atomic E-state index is 0.0212. The van der Waals surface area contributed by atoms with Crippen LogP contribution in [-0.2, 0) is 32.7 Å². The van der Waals surface area contributed by atoms with E-state index in [1.54, 1.807) is 0 Å².